The van der Waals surface area contributed by atoms with Gasteiger partial charge in [0.1, 0.15) is 19.3 Å². The summed E-state index contributed by atoms with van der Waals surface area (Å²) in [7, 11) is 1.19. The van der Waals surface area contributed by atoms with Crippen LogP contribution in [0.15, 0.2) is 36.5 Å². The van der Waals surface area contributed by atoms with Crippen LogP contribution in [0.1, 0.15) is 329 Å². The molecule has 10 heteroatoms. The Morgan fingerprint density at radius 1 is 0.468 bits per heavy atom. The molecule has 0 radical (unpaired) electrons. The van der Waals surface area contributed by atoms with E-state index in [1.54, 1.807) is 0 Å². The molecule has 0 fully saturated rings. The molecule has 0 aromatic heterocycles. The number of phosphoric acid groups is 1. The van der Waals surface area contributed by atoms with Gasteiger partial charge in [-0.2, -0.15) is 0 Å². The van der Waals surface area contributed by atoms with Crippen molar-refractivity contribution >= 4 is 19.7 Å². The highest BCUT2D eigenvalue weighted by atomic mass is 31.2. The third-order valence-corrected chi connectivity index (χ3v) is 16.0. The molecule has 3 unspecified atom stereocenters. The largest absolute Gasteiger partial charge is 0.756 e. The summed E-state index contributed by atoms with van der Waals surface area (Å²) in [5, 5.41) is 3.03. The van der Waals surface area contributed by atoms with Gasteiger partial charge in [-0.3, -0.25) is 14.2 Å². The number of carbonyl (C=O) groups is 2. The van der Waals surface area contributed by atoms with Crippen LogP contribution < -0.4 is 10.2 Å². The molecule has 1 amide bonds. The van der Waals surface area contributed by atoms with Crippen LogP contribution >= 0.6 is 7.82 Å². The Labute approximate surface area is 478 Å². The minimum Gasteiger partial charge on any atom is -0.756 e. The standard InChI is InChI=1S/C67H129N2O7P/c1-7-10-13-16-19-22-25-28-30-31-32-33-34-35-36-37-38-39-40-42-45-48-51-54-57-60-67(71)76-65(58-55-52-49-46-43-27-24-21-18-15-12-9-3)64(63-75-77(72,73)74-62-61-69(4,5)6)68-66(70)59-56-53-50-47-44-41-29-26-23-20-17-14-11-8-2/h11,14,20,23,55,58,64-65H,7-10,12-13,15-19,21-22,24-54,56-57,59-63H2,1-6H3,(H-,68,70,72,73)/b14-11+,23-20+,58-55-. The van der Waals surface area contributed by atoms with Crippen LogP contribution in [-0.2, 0) is 27.9 Å². The first-order chi connectivity index (χ1) is 37.4. The number of ether oxygens (including phenoxy) is 1. The maximum atomic E-state index is 13.5. The fourth-order valence-corrected chi connectivity index (χ4v) is 10.7. The first-order valence-corrected chi connectivity index (χ1v) is 34.8. The molecule has 0 heterocycles. The zero-order chi connectivity index (χ0) is 56.4. The van der Waals surface area contributed by atoms with E-state index in [1.807, 2.05) is 33.3 Å². The van der Waals surface area contributed by atoms with Crippen molar-refractivity contribution in [3.05, 3.63) is 36.5 Å². The molecular formula is C67H129N2O7P. The molecule has 0 aliphatic rings. The van der Waals surface area contributed by atoms with Crippen molar-refractivity contribution < 1.29 is 37.3 Å². The normalized spacial score (nSPS) is 13.8. The Morgan fingerprint density at radius 2 is 0.831 bits per heavy atom. The van der Waals surface area contributed by atoms with Gasteiger partial charge in [-0.25, -0.2) is 0 Å². The van der Waals surface area contributed by atoms with Gasteiger partial charge in [-0.15, -0.1) is 0 Å². The second-order valence-corrected chi connectivity index (χ2v) is 25.4. The van der Waals surface area contributed by atoms with Crippen LogP contribution in [0, 0.1) is 0 Å². The van der Waals surface area contributed by atoms with E-state index in [4.69, 9.17) is 13.8 Å². The number of rotatable bonds is 61. The van der Waals surface area contributed by atoms with Gasteiger partial charge in [0.2, 0.25) is 5.91 Å². The van der Waals surface area contributed by atoms with Gasteiger partial charge in [0, 0.05) is 12.8 Å². The third-order valence-electron chi connectivity index (χ3n) is 15.1. The molecule has 77 heavy (non-hydrogen) atoms. The predicted octanol–water partition coefficient (Wildman–Crippen LogP) is 20.0. The van der Waals surface area contributed by atoms with Gasteiger partial charge in [-0.1, -0.05) is 295 Å². The number of amides is 1. The summed E-state index contributed by atoms with van der Waals surface area (Å²) in [6, 6.07) is -0.888. The molecule has 0 aliphatic heterocycles. The first kappa shape index (κ1) is 75.2. The highest BCUT2D eigenvalue weighted by Gasteiger charge is 2.27. The van der Waals surface area contributed by atoms with Crippen LogP contribution in [0.2, 0.25) is 0 Å². The smallest absolute Gasteiger partial charge is 0.306 e. The van der Waals surface area contributed by atoms with Crippen molar-refractivity contribution in [3.8, 4) is 0 Å². The molecule has 0 aromatic rings. The number of nitrogens with zero attached hydrogens (tertiary/aromatic N) is 1. The van der Waals surface area contributed by atoms with E-state index in [0.29, 0.717) is 17.4 Å². The summed E-state index contributed by atoms with van der Waals surface area (Å²) in [5.74, 6) is -0.535. The summed E-state index contributed by atoms with van der Waals surface area (Å²) in [4.78, 5) is 40.0. The molecule has 454 valence electrons. The molecular weight excluding hydrogens is 976 g/mol. The SMILES string of the molecule is CC/C=C/C/C=C/CCCCCCCCCC(=O)NC(COP(=O)([O-])OCC[N+](C)(C)C)C(/C=C\CCCCCCCCCCCC)OC(=O)CCCCCCCCCCCCCCCCCCCCCCCCCCC. The lowest BCUT2D eigenvalue weighted by Gasteiger charge is -2.30. The number of unbranched alkanes of at least 4 members (excludes halogenated alkanes) is 41. The van der Waals surface area contributed by atoms with E-state index in [1.165, 1.54) is 212 Å². The van der Waals surface area contributed by atoms with E-state index in [0.717, 1.165) is 83.5 Å². The zero-order valence-electron chi connectivity index (χ0n) is 51.9. The van der Waals surface area contributed by atoms with Crippen molar-refractivity contribution in [1.29, 1.82) is 0 Å². The third kappa shape index (κ3) is 58.7. The van der Waals surface area contributed by atoms with Gasteiger partial charge in [0.15, 0.2) is 0 Å². The van der Waals surface area contributed by atoms with Crippen molar-refractivity contribution in [3.63, 3.8) is 0 Å². The quantitative estimate of drug-likeness (QED) is 0.0212. The van der Waals surface area contributed by atoms with Crippen molar-refractivity contribution in [2.75, 3.05) is 40.9 Å². The number of quaternary nitrogens is 1. The fraction of sp³-hybridized carbons (Fsp3) is 0.881. The number of esters is 1. The van der Waals surface area contributed by atoms with E-state index in [-0.39, 0.29) is 31.5 Å². The van der Waals surface area contributed by atoms with E-state index >= 15 is 0 Å². The fourth-order valence-electron chi connectivity index (χ4n) is 9.97. The predicted molar refractivity (Wildman–Crippen MR) is 330 cm³/mol. The van der Waals surface area contributed by atoms with Crippen LogP contribution in [0.25, 0.3) is 0 Å². The molecule has 0 bridgehead atoms. The Bertz CT molecular complexity index is 1410. The molecule has 3 atom stereocenters. The number of hydrogen-bond acceptors (Lipinski definition) is 7. The molecule has 1 N–H and O–H groups in total. The summed E-state index contributed by atoms with van der Waals surface area (Å²) >= 11 is 0. The second kappa shape index (κ2) is 57.5. The lowest BCUT2D eigenvalue weighted by Crippen LogP contribution is -2.47. The topological polar surface area (TPSA) is 114 Å². The summed E-state index contributed by atoms with van der Waals surface area (Å²) in [5.41, 5.74) is 0. The average molecular weight is 1110 g/mol. The summed E-state index contributed by atoms with van der Waals surface area (Å²) in [6.45, 7) is 6.77. The van der Waals surface area contributed by atoms with Crippen LogP contribution in [0.4, 0.5) is 0 Å². The lowest BCUT2D eigenvalue weighted by molar-refractivity contribution is -0.870. The number of hydrogen-bond donors (Lipinski definition) is 1. The van der Waals surface area contributed by atoms with E-state index in [9.17, 15) is 19.0 Å². The van der Waals surface area contributed by atoms with Crippen LogP contribution in [0.5, 0.6) is 0 Å². The molecule has 0 saturated heterocycles. The minimum atomic E-state index is -4.70. The van der Waals surface area contributed by atoms with Crippen molar-refractivity contribution in [2.45, 2.75) is 341 Å². The number of allylic oxidation sites excluding steroid dienone is 5. The molecule has 0 rings (SSSR count). The first-order valence-electron chi connectivity index (χ1n) is 33.3. The highest BCUT2D eigenvalue weighted by Crippen LogP contribution is 2.38. The van der Waals surface area contributed by atoms with Gasteiger partial charge < -0.3 is 28.5 Å². The Morgan fingerprint density at radius 3 is 1.23 bits per heavy atom. The van der Waals surface area contributed by atoms with E-state index < -0.39 is 20.0 Å². The molecule has 0 aromatic carbocycles. The maximum Gasteiger partial charge on any atom is 0.306 e. The van der Waals surface area contributed by atoms with Gasteiger partial charge in [0.05, 0.1) is 33.8 Å². The van der Waals surface area contributed by atoms with E-state index in [2.05, 4.69) is 50.4 Å². The second-order valence-electron chi connectivity index (χ2n) is 24.0. The van der Waals surface area contributed by atoms with Crippen LogP contribution in [-0.4, -0.2) is 69.4 Å². The summed E-state index contributed by atoms with van der Waals surface area (Å²) in [6.07, 6.45) is 69.9. The monoisotopic (exact) mass is 1100 g/mol. The molecule has 0 spiro atoms. The van der Waals surface area contributed by atoms with Gasteiger partial charge >= 0.3 is 5.97 Å². The minimum absolute atomic E-state index is 0.0217. The Balaban J connectivity index is 5.03. The summed E-state index contributed by atoms with van der Waals surface area (Å²) < 4.78 is 30.3. The van der Waals surface area contributed by atoms with Gasteiger partial charge in [-0.05, 0) is 57.4 Å². The lowest BCUT2D eigenvalue weighted by atomic mass is 10.0. The van der Waals surface area contributed by atoms with Crippen LogP contribution in [0.3, 0.4) is 0 Å². The number of phosphoric ester groups is 1. The van der Waals surface area contributed by atoms with Crippen molar-refractivity contribution in [2.24, 2.45) is 0 Å². The zero-order valence-corrected chi connectivity index (χ0v) is 52.8. The van der Waals surface area contributed by atoms with Gasteiger partial charge in [0.25, 0.3) is 7.82 Å². The molecule has 0 saturated carbocycles. The Kier molecular flexibility index (Phi) is 56.1. The number of carbonyl (C=O) groups excluding carboxylic acids is 2. The highest BCUT2D eigenvalue weighted by molar-refractivity contribution is 7.45. The number of likely N-dealkylation sites (N-methyl/N-ethyl adjacent to an activating group) is 1. The molecule has 0 aliphatic carbocycles. The van der Waals surface area contributed by atoms with Crippen molar-refractivity contribution in [1.82, 2.24) is 5.32 Å². The number of nitrogens with one attached hydrogen (secondary N) is 1. The average Bonchev–Trinajstić information content (AvgIpc) is 3.39. The Hall–Kier alpha value is -1.77. The maximum absolute atomic E-state index is 13.5. The molecule has 9 nitrogen and oxygen atoms in total.